The number of nitrogens with zero attached hydrogens (tertiary/aromatic N) is 2. The van der Waals surface area contributed by atoms with Crippen molar-refractivity contribution in [3.63, 3.8) is 0 Å². The number of unbranched alkanes of at least 4 members (excludes halogenated alkanes) is 1. The second-order valence-corrected chi connectivity index (χ2v) is 8.37. The van der Waals surface area contributed by atoms with Gasteiger partial charge in [0, 0.05) is 35.7 Å². The molecular formula is C20H30ClN3O. The molecule has 1 aliphatic carbocycles. The third-order valence-corrected chi connectivity index (χ3v) is 6.38. The van der Waals surface area contributed by atoms with E-state index in [-0.39, 0.29) is 17.1 Å². The van der Waals surface area contributed by atoms with Crippen LogP contribution in [0.5, 0.6) is 0 Å². The molecule has 4 nitrogen and oxygen atoms in total. The monoisotopic (exact) mass is 363 g/mol. The van der Waals surface area contributed by atoms with E-state index in [9.17, 15) is 4.79 Å². The molecule has 1 saturated carbocycles. The van der Waals surface area contributed by atoms with Crippen molar-refractivity contribution in [1.29, 1.82) is 0 Å². The van der Waals surface area contributed by atoms with Crippen LogP contribution < -0.4 is 5.73 Å². The van der Waals surface area contributed by atoms with Crippen LogP contribution in [0.2, 0.25) is 5.02 Å². The third kappa shape index (κ3) is 3.65. The maximum Gasteiger partial charge on any atom is 0.320 e. The fourth-order valence-electron chi connectivity index (χ4n) is 4.23. The lowest BCUT2D eigenvalue weighted by atomic mass is 9.70. The predicted molar refractivity (Wildman–Crippen MR) is 103 cm³/mol. The van der Waals surface area contributed by atoms with Crippen molar-refractivity contribution >= 4 is 17.6 Å². The molecule has 1 heterocycles. The Bertz CT molecular complexity index is 625. The minimum atomic E-state index is -0.338. The SMILES string of the molecule is CCCCN1CCN(C2(C)CCC(N)(c3cccc(Cl)c3)CC2)C1=O. The molecule has 0 bridgehead atoms. The molecule has 0 spiro atoms. The lowest BCUT2D eigenvalue weighted by Crippen LogP contribution is -2.54. The average molecular weight is 364 g/mol. The number of hydrogen-bond acceptors (Lipinski definition) is 2. The van der Waals surface area contributed by atoms with Gasteiger partial charge in [0.15, 0.2) is 0 Å². The van der Waals surface area contributed by atoms with Crippen LogP contribution in [0.1, 0.15) is 57.9 Å². The number of rotatable bonds is 5. The van der Waals surface area contributed by atoms with Gasteiger partial charge in [-0.25, -0.2) is 4.79 Å². The fourth-order valence-corrected chi connectivity index (χ4v) is 4.42. The number of nitrogens with two attached hydrogens (primary N) is 1. The van der Waals surface area contributed by atoms with Crippen LogP contribution in [0.3, 0.4) is 0 Å². The minimum absolute atomic E-state index is 0.0838. The zero-order chi connectivity index (χ0) is 18.1. The van der Waals surface area contributed by atoms with Gasteiger partial charge in [-0.1, -0.05) is 37.1 Å². The fraction of sp³-hybridized carbons (Fsp3) is 0.650. The van der Waals surface area contributed by atoms with E-state index >= 15 is 0 Å². The number of halogens is 1. The normalized spacial score (nSPS) is 30.2. The lowest BCUT2D eigenvalue weighted by molar-refractivity contribution is 0.0799. The summed E-state index contributed by atoms with van der Waals surface area (Å²) in [6.45, 7) is 6.97. The smallest absolute Gasteiger partial charge is 0.320 e. The molecule has 0 radical (unpaired) electrons. The van der Waals surface area contributed by atoms with Gasteiger partial charge in [0.05, 0.1) is 0 Å². The first-order chi connectivity index (χ1) is 11.9. The molecule has 25 heavy (non-hydrogen) atoms. The van der Waals surface area contributed by atoms with Gasteiger partial charge in [-0.05, 0) is 56.7 Å². The molecule has 1 aliphatic heterocycles. The number of amides is 2. The zero-order valence-corrected chi connectivity index (χ0v) is 16.2. The van der Waals surface area contributed by atoms with Gasteiger partial charge in [-0.3, -0.25) is 0 Å². The van der Waals surface area contributed by atoms with E-state index in [1.54, 1.807) is 0 Å². The molecule has 0 aromatic heterocycles. The summed E-state index contributed by atoms with van der Waals surface area (Å²) in [6, 6.07) is 8.12. The van der Waals surface area contributed by atoms with Crippen LogP contribution in [0.15, 0.2) is 24.3 Å². The Kier molecular flexibility index (Phi) is 5.31. The van der Waals surface area contributed by atoms with Crippen molar-refractivity contribution in [1.82, 2.24) is 9.80 Å². The summed E-state index contributed by atoms with van der Waals surface area (Å²) in [5, 5.41) is 0.733. The summed E-state index contributed by atoms with van der Waals surface area (Å²) in [5.41, 5.74) is 7.41. The minimum Gasteiger partial charge on any atom is -0.323 e. The molecule has 1 aromatic carbocycles. The largest absolute Gasteiger partial charge is 0.323 e. The maximum atomic E-state index is 12.8. The van der Waals surface area contributed by atoms with Crippen LogP contribution in [-0.2, 0) is 5.54 Å². The highest BCUT2D eigenvalue weighted by molar-refractivity contribution is 6.30. The summed E-state index contributed by atoms with van der Waals surface area (Å²) >= 11 is 6.15. The van der Waals surface area contributed by atoms with Gasteiger partial charge < -0.3 is 15.5 Å². The van der Waals surface area contributed by atoms with Gasteiger partial charge >= 0.3 is 6.03 Å². The van der Waals surface area contributed by atoms with Crippen molar-refractivity contribution in [3.8, 4) is 0 Å². The summed E-state index contributed by atoms with van der Waals surface area (Å²) in [4.78, 5) is 16.9. The van der Waals surface area contributed by atoms with Gasteiger partial charge in [-0.2, -0.15) is 0 Å². The zero-order valence-electron chi connectivity index (χ0n) is 15.4. The summed E-state index contributed by atoms with van der Waals surface area (Å²) in [6.07, 6.45) is 5.82. The van der Waals surface area contributed by atoms with Crippen molar-refractivity contribution in [3.05, 3.63) is 34.9 Å². The molecule has 2 aliphatic rings. The van der Waals surface area contributed by atoms with Crippen LogP contribution in [0, 0.1) is 0 Å². The van der Waals surface area contributed by atoms with Crippen LogP contribution >= 0.6 is 11.6 Å². The highest BCUT2D eigenvalue weighted by Gasteiger charge is 2.46. The molecular weight excluding hydrogens is 334 g/mol. The summed E-state index contributed by atoms with van der Waals surface area (Å²) in [5.74, 6) is 0. The van der Waals surface area contributed by atoms with Gasteiger partial charge in [-0.15, -0.1) is 0 Å². The Morgan fingerprint density at radius 1 is 1.20 bits per heavy atom. The van der Waals surface area contributed by atoms with E-state index in [1.807, 2.05) is 23.1 Å². The second kappa shape index (κ2) is 7.16. The van der Waals surface area contributed by atoms with E-state index < -0.39 is 0 Å². The van der Waals surface area contributed by atoms with Crippen LogP contribution in [-0.4, -0.2) is 41.0 Å². The van der Waals surface area contributed by atoms with E-state index in [0.29, 0.717) is 0 Å². The Balaban J connectivity index is 1.67. The number of carbonyl (C=O) groups excluding carboxylic acids is 1. The predicted octanol–water partition coefficient (Wildman–Crippen LogP) is 4.36. The van der Waals surface area contributed by atoms with E-state index in [4.69, 9.17) is 17.3 Å². The molecule has 2 fully saturated rings. The Hall–Kier alpha value is -1.26. The molecule has 2 N–H and O–H groups in total. The molecule has 0 atom stereocenters. The molecule has 1 saturated heterocycles. The first-order valence-electron chi connectivity index (χ1n) is 9.49. The molecule has 3 rings (SSSR count). The van der Waals surface area contributed by atoms with Crippen LogP contribution in [0.4, 0.5) is 4.79 Å². The molecule has 1 aromatic rings. The third-order valence-electron chi connectivity index (χ3n) is 6.15. The molecule has 138 valence electrons. The van der Waals surface area contributed by atoms with Crippen molar-refractivity contribution in [2.24, 2.45) is 5.73 Å². The molecule has 2 amide bonds. The van der Waals surface area contributed by atoms with E-state index in [0.717, 1.165) is 68.7 Å². The first-order valence-corrected chi connectivity index (χ1v) is 9.87. The Morgan fingerprint density at radius 3 is 2.56 bits per heavy atom. The lowest BCUT2D eigenvalue weighted by Gasteiger charge is -2.47. The van der Waals surface area contributed by atoms with Gasteiger partial charge in [0.1, 0.15) is 0 Å². The van der Waals surface area contributed by atoms with Crippen molar-refractivity contribution in [2.45, 2.75) is 63.5 Å². The maximum absolute atomic E-state index is 12.8. The van der Waals surface area contributed by atoms with E-state index in [2.05, 4.69) is 24.8 Å². The van der Waals surface area contributed by atoms with Crippen LogP contribution in [0.25, 0.3) is 0 Å². The van der Waals surface area contributed by atoms with Gasteiger partial charge in [0.2, 0.25) is 0 Å². The summed E-state index contributed by atoms with van der Waals surface area (Å²) < 4.78 is 0. The first kappa shape index (κ1) is 18.5. The Labute approximate surface area is 156 Å². The second-order valence-electron chi connectivity index (χ2n) is 7.94. The number of carbonyl (C=O) groups is 1. The standard InChI is InChI=1S/C20H30ClN3O/c1-3-4-12-23-13-14-24(18(23)25)19(2)8-10-20(22,11-9-19)16-6-5-7-17(21)15-16/h5-7,15H,3-4,8-14,22H2,1-2H3. The number of hydrogen-bond donors (Lipinski definition) is 1. The topological polar surface area (TPSA) is 49.6 Å². The Morgan fingerprint density at radius 2 is 1.92 bits per heavy atom. The summed E-state index contributed by atoms with van der Waals surface area (Å²) in [7, 11) is 0. The highest BCUT2D eigenvalue weighted by Crippen LogP contribution is 2.43. The van der Waals surface area contributed by atoms with Crippen molar-refractivity contribution in [2.75, 3.05) is 19.6 Å². The van der Waals surface area contributed by atoms with E-state index in [1.165, 1.54) is 0 Å². The highest BCUT2D eigenvalue weighted by atomic mass is 35.5. The van der Waals surface area contributed by atoms with Gasteiger partial charge in [0.25, 0.3) is 0 Å². The molecule has 0 unspecified atom stereocenters. The molecule has 5 heteroatoms. The number of benzene rings is 1. The number of urea groups is 1. The quantitative estimate of drug-likeness (QED) is 0.844. The average Bonchev–Trinajstić information content (AvgIpc) is 2.97. The van der Waals surface area contributed by atoms with Crippen molar-refractivity contribution < 1.29 is 4.79 Å².